The fraction of sp³-hybridized carbons (Fsp3) is 0.533. The summed E-state index contributed by atoms with van der Waals surface area (Å²) >= 11 is 0. The number of nitrogens with one attached hydrogen (secondary N) is 1. The van der Waals surface area contributed by atoms with Crippen LogP contribution < -0.4 is 10.1 Å². The van der Waals surface area contributed by atoms with Crippen molar-refractivity contribution >= 4 is 11.7 Å². The van der Waals surface area contributed by atoms with Crippen molar-refractivity contribution in [2.45, 2.75) is 25.5 Å². The van der Waals surface area contributed by atoms with E-state index in [9.17, 15) is 4.79 Å². The third kappa shape index (κ3) is 2.12. The minimum atomic E-state index is -0.330. The van der Waals surface area contributed by atoms with Crippen molar-refractivity contribution in [1.29, 1.82) is 0 Å². The summed E-state index contributed by atoms with van der Waals surface area (Å²) in [6, 6.07) is 5.46. The van der Waals surface area contributed by atoms with Crippen molar-refractivity contribution in [2.75, 3.05) is 25.6 Å². The van der Waals surface area contributed by atoms with Crippen LogP contribution in [-0.2, 0) is 14.3 Å². The van der Waals surface area contributed by atoms with Gasteiger partial charge in [0.2, 0.25) is 0 Å². The molecule has 1 saturated heterocycles. The molecule has 1 N–H and O–H groups in total. The number of fused-ring (bicyclic) bond motifs is 3. The molecule has 0 radical (unpaired) electrons. The fourth-order valence-electron chi connectivity index (χ4n) is 3.04. The standard InChI is InChI=1S/C15H19NO4/c1-3-19-15(17)13-10-6-7-20-14(10)11-8-9(18-2)4-5-12(11)16-13/h4-5,8,10,13-14,16H,3,6-7H2,1-2H3/t10-,13-,14-/m0/s1. The molecule has 5 heteroatoms. The molecule has 2 aliphatic heterocycles. The third-order valence-corrected chi connectivity index (χ3v) is 3.98. The van der Waals surface area contributed by atoms with Crippen LogP contribution in [0.3, 0.4) is 0 Å². The van der Waals surface area contributed by atoms with Gasteiger partial charge in [-0.2, -0.15) is 0 Å². The molecule has 0 spiro atoms. The number of rotatable bonds is 3. The maximum absolute atomic E-state index is 12.1. The van der Waals surface area contributed by atoms with Crippen molar-refractivity contribution in [3.8, 4) is 5.75 Å². The van der Waals surface area contributed by atoms with E-state index in [0.29, 0.717) is 13.2 Å². The van der Waals surface area contributed by atoms with Gasteiger partial charge in [-0.3, -0.25) is 0 Å². The lowest BCUT2D eigenvalue weighted by Crippen LogP contribution is -2.43. The average Bonchev–Trinajstić information content (AvgIpc) is 2.95. The lowest BCUT2D eigenvalue weighted by Gasteiger charge is -2.34. The average molecular weight is 277 g/mol. The number of hydrogen-bond donors (Lipinski definition) is 1. The molecule has 0 aliphatic carbocycles. The Labute approximate surface area is 118 Å². The third-order valence-electron chi connectivity index (χ3n) is 3.98. The molecule has 2 aliphatic rings. The Kier molecular flexibility index (Phi) is 3.53. The number of esters is 1. The van der Waals surface area contributed by atoms with Gasteiger partial charge in [-0.1, -0.05) is 0 Å². The smallest absolute Gasteiger partial charge is 0.328 e. The molecule has 0 bridgehead atoms. The Morgan fingerprint density at radius 2 is 2.35 bits per heavy atom. The van der Waals surface area contributed by atoms with Gasteiger partial charge >= 0.3 is 5.97 Å². The van der Waals surface area contributed by atoms with Crippen LogP contribution in [0.5, 0.6) is 5.75 Å². The van der Waals surface area contributed by atoms with Gasteiger partial charge < -0.3 is 19.5 Å². The summed E-state index contributed by atoms with van der Waals surface area (Å²) in [6.45, 7) is 2.89. The molecule has 1 aromatic rings. The topological polar surface area (TPSA) is 56.8 Å². The summed E-state index contributed by atoms with van der Waals surface area (Å²) in [7, 11) is 1.65. The predicted molar refractivity (Wildman–Crippen MR) is 73.8 cm³/mol. The Balaban J connectivity index is 1.94. The zero-order valence-corrected chi connectivity index (χ0v) is 11.7. The highest BCUT2D eigenvalue weighted by atomic mass is 16.5. The van der Waals surface area contributed by atoms with E-state index in [1.165, 1.54) is 0 Å². The van der Waals surface area contributed by atoms with E-state index in [1.807, 2.05) is 25.1 Å². The van der Waals surface area contributed by atoms with Gasteiger partial charge in [0.25, 0.3) is 0 Å². The fourth-order valence-corrected chi connectivity index (χ4v) is 3.04. The molecule has 5 nitrogen and oxygen atoms in total. The second-order valence-corrected chi connectivity index (χ2v) is 5.07. The van der Waals surface area contributed by atoms with E-state index in [0.717, 1.165) is 23.4 Å². The quantitative estimate of drug-likeness (QED) is 0.858. The van der Waals surface area contributed by atoms with Crippen LogP contribution in [0.4, 0.5) is 5.69 Å². The first-order valence-corrected chi connectivity index (χ1v) is 6.97. The number of carbonyl (C=O) groups excluding carboxylic acids is 1. The Morgan fingerprint density at radius 3 is 3.10 bits per heavy atom. The Bertz CT molecular complexity index is 517. The molecule has 0 amide bonds. The number of carbonyl (C=O) groups is 1. The normalized spacial score (nSPS) is 27.2. The van der Waals surface area contributed by atoms with Crippen molar-refractivity contribution < 1.29 is 19.0 Å². The molecule has 0 unspecified atom stereocenters. The minimum Gasteiger partial charge on any atom is -0.497 e. The van der Waals surface area contributed by atoms with Crippen molar-refractivity contribution in [2.24, 2.45) is 5.92 Å². The SMILES string of the molecule is CCOC(=O)[C@H]1Nc2ccc(OC)cc2[C@H]2OCC[C@@H]12. The van der Waals surface area contributed by atoms with Gasteiger partial charge in [-0.15, -0.1) is 0 Å². The molecule has 3 atom stereocenters. The maximum atomic E-state index is 12.1. The molecular weight excluding hydrogens is 258 g/mol. The van der Waals surface area contributed by atoms with Gasteiger partial charge in [0.05, 0.1) is 19.8 Å². The van der Waals surface area contributed by atoms with Gasteiger partial charge in [0.1, 0.15) is 11.8 Å². The molecule has 2 heterocycles. The number of methoxy groups -OCH3 is 1. The van der Waals surface area contributed by atoms with Crippen molar-refractivity contribution in [1.82, 2.24) is 0 Å². The molecule has 108 valence electrons. The van der Waals surface area contributed by atoms with E-state index >= 15 is 0 Å². The van der Waals surface area contributed by atoms with Crippen LogP contribution in [-0.4, -0.2) is 32.3 Å². The number of ether oxygens (including phenoxy) is 3. The van der Waals surface area contributed by atoms with Crippen LogP contribution in [0.25, 0.3) is 0 Å². The first-order chi connectivity index (χ1) is 9.74. The molecule has 1 aromatic carbocycles. The van der Waals surface area contributed by atoms with E-state index in [2.05, 4.69) is 5.32 Å². The van der Waals surface area contributed by atoms with Gasteiger partial charge in [-0.05, 0) is 31.5 Å². The first kappa shape index (κ1) is 13.2. The van der Waals surface area contributed by atoms with Crippen LogP contribution in [0.1, 0.15) is 25.0 Å². The summed E-state index contributed by atoms with van der Waals surface area (Å²) < 4.78 is 16.3. The highest BCUT2D eigenvalue weighted by Gasteiger charge is 2.44. The predicted octanol–water partition coefficient (Wildman–Crippen LogP) is 2.13. The zero-order valence-electron chi connectivity index (χ0n) is 11.7. The number of anilines is 1. The highest BCUT2D eigenvalue weighted by molar-refractivity contribution is 5.81. The van der Waals surface area contributed by atoms with E-state index in [4.69, 9.17) is 14.2 Å². The minimum absolute atomic E-state index is 0.0595. The maximum Gasteiger partial charge on any atom is 0.328 e. The van der Waals surface area contributed by atoms with Gasteiger partial charge in [0, 0.05) is 23.8 Å². The van der Waals surface area contributed by atoms with Crippen LogP contribution >= 0.6 is 0 Å². The Hall–Kier alpha value is -1.75. The molecule has 0 saturated carbocycles. The molecule has 1 fully saturated rings. The van der Waals surface area contributed by atoms with Crippen LogP contribution in [0, 0.1) is 5.92 Å². The Morgan fingerprint density at radius 1 is 1.50 bits per heavy atom. The highest BCUT2D eigenvalue weighted by Crippen LogP contribution is 2.45. The molecular formula is C15H19NO4. The van der Waals surface area contributed by atoms with Crippen molar-refractivity contribution in [3.63, 3.8) is 0 Å². The second-order valence-electron chi connectivity index (χ2n) is 5.07. The summed E-state index contributed by atoms with van der Waals surface area (Å²) in [5.41, 5.74) is 1.99. The summed E-state index contributed by atoms with van der Waals surface area (Å²) in [5, 5.41) is 3.29. The summed E-state index contributed by atoms with van der Waals surface area (Å²) in [6.07, 6.45) is 0.799. The zero-order chi connectivity index (χ0) is 14.1. The lowest BCUT2D eigenvalue weighted by atomic mass is 9.84. The lowest BCUT2D eigenvalue weighted by molar-refractivity contribution is -0.146. The van der Waals surface area contributed by atoms with Crippen LogP contribution in [0.15, 0.2) is 18.2 Å². The first-order valence-electron chi connectivity index (χ1n) is 6.97. The monoisotopic (exact) mass is 277 g/mol. The van der Waals surface area contributed by atoms with Gasteiger partial charge in [0.15, 0.2) is 0 Å². The summed E-state index contributed by atoms with van der Waals surface area (Å²) in [4.78, 5) is 12.1. The van der Waals surface area contributed by atoms with Gasteiger partial charge in [-0.25, -0.2) is 4.79 Å². The molecule has 3 rings (SSSR count). The molecule has 20 heavy (non-hydrogen) atoms. The van der Waals surface area contributed by atoms with E-state index < -0.39 is 0 Å². The van der Waals surface area contributed by atoms with E-state index in [-0.39, 0.29) is 24.0 Å². The summed E-state index contributed by atoms with van der Waals surface area (Å²) in [5.74, 6) is 0.720. The largest absolute Gasteiger partial charge is 0.497 e. The van der Waals surface area contributed by atoms with Crippen LogP contribution in [0.2, 0.25) is 0 Å². The number of hydrogen-bond acceptors (Lipinski definition) is 5. The molecule has 0 aromatic heterocycles. The second kappa shape index (κ2) is 5.32. The van der Waals surface area contributed by atoms with E-state index in [1.54, 1.807) is 7.11 Å². The van der Waals surface area contributed by atoms with Crippen molar-refractivity contribution in [3.05, 3.63) is 23.8 Å². The number of benzene rings is 1.